The quantitative estimate of drug-likeness (QED) is 0.545. The van der Waals surface area contributed by atoms with Gasteiger partial charge in [0.05, 0.1) is 34.8 Å². The molecule has 32 heavy (non-hydrogen) atoms. The molecule has 1 heterocycles. The van der Waals surface area contributed by atoms with Gasteiger partial charge in [-0.05, 0) is 43.7 Å². The van der Waals surface area contributed by atoms with Gasteiger partial charge in [-0.1, -0.05) is 11.6 Å². The van der Waals surface area contributed by atoms with E-state index in [1.54, 1.807) is 25.1 Å². The van der Waals surface area contributed by atoms with Crippen molar-refractivity contribution >= 4 is 44.9 Å². The summed E-state index contributed by atoms with van der Waals surface area (Å²) in [6.07, 6.45) is 1.43. The Balaban J connectivity index is 1.59. The monoisotopic (exact) mass is 482 g/mol. The van der Waals surface area contributed by atoms with Crippen LogP contribution in [0.1, 0.15) is 30.1 Å². The highest BCUT2D eigenvalue weighted by Crippen LogP contribution is 2.36. The minimum Gasteiger partial charge on any atom is -0.462 e. The largest absolute Gasteiger partial charge is 0.462 e. The van der Waals surface area contributed by atoms with E-state index in [2.05, 4.69) is 5.32 Å². The van der Waals surface area contributed by atoms with Crippen LogP contribution >= 0.6 is 11.6 Å². The number of amides is 1. The van der Waals surface area contributed by atoms with Gasteiger partial charge in [0.25, 0.3) is 0 Å². The van der Waals surface area contributed by atoms with E-state index in [4.69, 9.17) is 25.8 Å². The third-order valence-corrected chi connectivity index (χ3v) is 6.07. The molecule has 0 radical (unpaired) electrons. The average Bonchev–Trinajstić information content (AvgIpc) is 3.19. The first-order valence-corrected chi connectivity index (χ1v) is 12.1. The number of esters is 1. The van der Waals surface area contributed by atoms with Crippen molar-refractivity contribution in [1.82, 2.24) is 0 Å². The minimum atomic E-state index is -3.58. The van der Waals surface area contributed by atoms with Crippen LogP contribution in [-0.4, -0.2) is 46.5 Å². The molecule has 2 aromatic carbocycles. The summed E-state index contributed by atoms with van der Waals surface area (Å²) in [6.45, 7) is 2.12. The molecule has 0 unspecified atom stereocenters. The smallest absolute Gasteiger partial charge is 0.338 e. The van der Waals surface area contributed by atoms with E-state index in [-0.39, 0.29) is 49.3 Å². The highest BCUT2D eigenvalue weighted by Gasteiger charge is 2.21. The van der Waals surface area contributed by atoms with Crippen molar-refractivity contribution in [3.05, 3.63) is 47.0 Å². The van der Waals surface area contributed by atoms with Gasteiger partial charge in [0, 0.05) is 19.0 Å². The lowest BCUT2D eigenvalue weighted by Gasteiger charge is -2.22. The number of carbonyl (C=O) groups is 2. The first-order chi connectivity index (χ1) is 15.2. The van der Waals surface area contributed by atoms with Crippen molar-refractivity contribution in [1.29, 1.82) is 0 Å². The van der Waals surface area contributed by atoms with Gasteiger partial charge >= 0.3 is 5.97 Å². The van der Waals surface area contributed by atoms with Crippen LogP contribution in [0.3, 0.4) is 0 Å². The van der Waals surface area contributed by atoms with Gasteiger partial charge in [-0.3, -0.25) is 9.10 Å². The van der Waals surface area contributed by atoms with Crippen LogP contribution in [0.5, 0.6) is 11.5 Å². The second kappa shape index (κ2) is 10.1. The molecule has 0 atom stereocenters. The van der Waals surface area contributed by atoms with Gasteiger partial charge in [-0.15, -0.1) is 0 Å². The number of hydrogen-bond acceptors (Lipinski definition) is 7. The summed E-state index contributed by atoms with van der Waals surface area (Å²) in [7, 11) is -3.58. The molecule has 0 fully saturated rings. The van der Waals surface area contributed by atoms with Gasteiger partial charge in [-0.25, -0.2) is 13.2 Å². The predicted molar refractivity (Wildman–Crippen MR) is 120 cm³/mol. The summed E-state index contributed by atoms with van der Waals surface area (Å²) in [6, 6.07) is 9.30. The molecule has 0 spiro atoms. The molecule has 2 aromatic rings. The maximum Gasteiger partial charge on any atom is 0.338 e. The summed E-state index contributed by atoms with van der Waals surface area (Å²) in [5.41, 5.74) is 1.05. The molecule has 1 aliphatic heterocycles. The van der Waals surface area contributed by atoms with Crippen molar-refractivity contribution in [2.75, 3.05) is 35.8 Å². The molecule has 1 N–H and O–H groups in total. The van der Waals surface area contributed by atoms with Gasteiger partial charge in [-0.2, -0.15) is 0 Å². The standard InChI is InChI=1S/C21H23ClN2O7S/c1-3-29-21(26)14-6-8-17(16(22)11-14)23-20(25)5-4-10-24(32(2,27)28)15-7-9-18-19(12-15)31-13-30-18/h6-9,11-12H,3-5,10,13H2,1-2H3,(H,23,25). The molecule has 1 amide bonds. The summed E-state index contributed by atoms with van der Waals surface area (Å²) >= 11 is 6.16. The van der Waals surface area contributed by atoms with Crippen molar-refractivity contribution in [3.8, 4) is 11.5 Å². The van der Waals surface area contributed by atoms with Crippen LogP contribution < -0.4 is 19.1 Å². The number of halogens is 1. The first-order valence-electron chi connectivity index (χ1n) is 9.83. The number of nitrogens with one attached hydrogen (secondary N) is 1. The topological polar surface area (TPSA) is 111 Å². The van der Waals surface area contributed by atoms with Crippen molar-refractivity contribution in [3.63, 3.8) is 0 Å². The second-order valence-electron chi connectivity index (χ2n) is 6.94. The Morgan fingerprint density at radius 3 is 2.59 bits per heavy atom. The summed E-state index contributed by atoms with van der Waals surface area (Å²) in [5, 5.41) is 2.86. The average molecular weight is 483 g/mol. The lowest BCUT2D eigenvalue weighted by atomic mass is 10.2. The summed E-state index contributed by atoms with van der Waals surface area (Å²) < 4.78 is 41.2. The molecule has 11 heteroatoms. The zero-order chi connectivity index (χ0) is 23.3. The van der Waals surface area contributed by atoms with Crippen molar-refractivity contribution in [2.45, 2.75) is 19.8 Å². The fourth-order valence-electron chi connectivity index (χ4n) is 3.08. The van der Waals surface area contributed by atoms with E-state index < -0.39 is 16.0 Å². The molecule has 3 rings (SSSR count). The second-order valence-corrected chi connectivity index (χ2v) is 9.25. The normalized spacial score (nSPS) is 12.3. The van der Waals surface area contributed by atoms with E-state index in [9.17, 15) is 18.0 Å². The third kappa shape index (κ3) is 5.83. The fraction of sp³-hybridized carbons (Fsp3) is 0.333. The summed E-state index contributed by atoms with van der Waals surface area (Å²) in [5.74, 6) is 0.175. The van der Waals surface area contributed by atoms with E-state index in [1.165, 1.54) is 22.5 Å². The fourth-order valence-corrected chi connectivity index (χ4v) is 4.27. The lowest BCUT2D eigenvalue weighted by molar-refractivity contribution is -0.116. The molecule has 172 valence electrons. The number of fused-ring (bicyclic) bond motifs is 1. The molecule has 0 saturated carbocycles. The number of carbonyl (C=O) groups excluding carboxylic acids is 2. The van der Waals surface area contributed by atoms with Crippen LogP contribution in [0, 0.1) is 0 Å². The zero-order valence-corrected chi connectivity index (χ0v) is 19.2. The van der Waals surface area contributed by atoms with E-state index in [0.717, 1.165) is 6.26 Å². The minimum absolute atomic E-state index is 0.0620. The Hall–Kier alpha value is -2.98. The molecule has 0 saturated heterocycles. The van der Waals surface area contributed by atoms with Gasteiger partial charge in [0.15, 0.2) is 11.5 Å². The number of ether oxygens (including phenoxy) is 3. The Kier molecular flexibility index (Phi) is 7.47. The Morgan fingerprint density at radius 2 is 1.91 bits per heavy atom. The Morgan fingerprint density at radius 1 is 1.16 bits per heavy atom. The highest BCUT2D eigenvalue weighted by molar-refractivity contribution is 7.92. The molecule has 1 aliphatic rings. The number of anilines is 2. The number of rotatable bonds is 9. The zero-order valence-electron chi connectivity index (χ0n) is 17.6. The van der Waals surface area contributed by atoms with Crippen molar-refractivity contribution in [2.24, 2.45) is 0 Å². The van der Waals surface area contributed by atoms with Gasteiger partial charge < -0.3 is 19.5 Å². The SMILES string of the molecule is CCOC(=O)c1ccc(NC(=O)CCCN(c2ccc3c(c2)OCO3)S(C)(=O)=O)c(Cl)c1. The maximum absolute atomic E-state index is 12.3. The van der Waals surface area contributed by atoms with E-state index >= 15 is 0 Å². The molecule has 9 nitrogen and oxygen atoms in total. The molecule has 0 aromatic heterocycles. The van der Waals surface area contributed by atoms with Crippen LogP contribution in [-0.2, 0) is 19.6 Å². The predicted octanol–water partition coefficient (Wildman–Crippen LogP) is 3.43. The molecular formula is C21H23ClN2O7S. The maximum atomic E-state index is 12.3. The number of hydrogen-bond donors (Lipinski definition) is 1. The van der Waals surface area contributed by atoms with Crippen molar-refractivity contribution < 1.29 is 32.2 Å². The van der Waals surface area contributed by atoms with E-state index in [0.29, 0.717) is 22.9 Å². The van der Waals surface area contributed by atoms with Crippen LogP contribution in [0.2, 0.25) is 5.02 Å². The number of benzene rings is 2. The van der Waals surface area contributed by atoms with E-state index in [1.807, 2.05) is 0 Å². The van der Waals surface area contributed by atoms with Crippen LogP contribution in [0.15, 0.2) is 36.4 Å². The molecule has 0 aliphatic carbocycles. The summed E-state index contributed by atoms with van der Waals surface area (Å²) in [4.78, 5) is 24.1. The number of nitrogens with zero attached hydrogens (tertiary/aromatic N) is 1. The van der Waals surface area contributed by atoms with Gasteiger partial charge in [0.2, 0.25) is 22.7 Å². The molecular weight excluding hydrogens is 460 g/mol. The van der Waals surface area contributed by atoms with Crippen LogP contribution in [0.25, 0.3) is 0 Å². The van der Waals surface area contributed by atoms with Gasteiger partial charge in [0.1, 0.15) is 0 Å². The Labute approximate surface area is 191 Å². The Bertz CT molecular complexity index is 1120. The highest BCUT2D eigenvalue weighted by atomic mass is 35.5. The third-order valence-electron chi connectivity index (χ3n) is 4.56. The lowest BCUT2D eigenvalue weighted by Crippen LogP contribution is -2.31. The number of sulfonamides is 1. The molecule has 0 bridgehead atoms. The van der Waals surface area contributed by atoms with Crippen LogP contribution in [0.4, 0.5) is 11.4 Å². The first kappa shape index (κ1) is 23.7.